The van der Waals surface area contributed by atoms with Crippen molar-refractivity contribution in [2.75, 3.05) is 0 Å². The Morgan fingerprint density at radius 2 is 1.94 bits per heavy atom. The van der Waals surface area contributed by atoms with E-state index in [2.05, 4.69) is 81.6 Å². The van der Waals surface area contributed by atoms with Gasteiger partial charge in [0.15, 0.2) is 0 Å². The second-order valence-corrected chi connectivity index (χ2v) is 11.8. The van der Waals surface area contributed by atoms with Gasteiger partial charge in [-0.1, -0.05) is 94.5 Å². The van der Waals surface area contributed by atoms with Crippen molar-refractivity contribution in [2.24, 2.45) is 5.92 Å². The molecule has 0 heterocycles. The summed E-state index contributed by atoms with van der Waals surface area (Å²) in [6.07, 6.45) is 10.1. The maximum Gasteiger partial charge on any atom is 0.0197 e. The first-order chi connectivity index (χ1) is 7.41. The second kappa shape index (κ2) is 7.70. The first-order valence-corrected chi connectivity index (χ1v) is 9.95. The van der Waals surface area contributed by atoms with Crippen LogP contribution in [0.25, 0.3) is 0 Å². The molecule has 0 aromatic heterocycles. The Bertz CT molecular complexity index is 201. The molecule has 3 heteroatoms. The predicted molar refractivity (Wildman–Crippen MR) is 99.5 cm³/mol. The van der Waals surface area contributed by atoms with Crippen LogP contribution in [0.1, 0.15) is 58.8 Å². The van der Waals surface area contributed by atoms with E-state index in [-0.39, 0.29) is 0 Å². The molecule has 1 saturated carbocycles. The number of hydrogen-bond donors (Lipinski definition) is 0. The van der Waals surface area contributed by atoms with Gasteiger partial charge in [-0.25, -0.2) is 0 Å². The molecule has 1 aliphatic carbocycles. The van der Waals surface area contributed by atoms with E-state index in [1.165, 1.54) is 44.9 Å². The minimum absolute atomic E-state index is 0.530. The van der Waals surface area contributed by atoms with Gasteiger partial charge in [0.2, 0.25) is 0 Å². The van der Waals surface area contributed by atoms with Gasteiger partial charge in [0.1, 0.15) is 0 Å². The normalized spacial score (nSPS) is 32.1. The predicted octanol–water partition coefficient (Wildman–Crippen LogP) is 6.17. The average Bonchev–Trinajstić information content (AvgIpc) is 2.19. The molecule has 0 amide bonds. The van der Waals surface area contributed by atoms with Crippen molar-refractivity contribution in [3.63, 3.8) is 0 Å². The maximum absolute atomic E-state index is 2.71. The van der Waals surface area contributed by atoms with Crippen LogP contribution in [0.4, 0.5) is 0 Å². The summed E-state index contributed by atoms with van der Waals surface area (Å²) in [5, 5.41) is 0. The molecule has 0 aliphatic heterocycles. The van der Waals surface area contributed by atoms with Crippen LogP contribution in [-0.4, -0.2) is 11.3 Å². The molecular formula is C13H23I3. The van der Waals surface area contributed by atoms with Crippen molar-refractivity contribution in [3.05, 3.63) is 0 Å². The number of alkyl halides is 3. The van der Waals surface area contributed by atoms with E-state index >= 15 is 0 Å². The van der Waals surface area contributed by atoms with E-state index in [4.69, 9.17) is 0 Å². The fraction of sp³-hybridized carbons (Fsp3) is 1.00. The lowest BCUT2D eigenvalue weighted by Crippen LogP contribution is -2.28. The van der Waals surface area contributed by atoms with Gasteiger partial charge in [-0.05, 0) is 38.0 Å². The first-order valence-electron chi connectivity index (χ1n) is 6.38. The van der Waals surface area contributed by atoms with E-state index in [1.54, 1.807) is 0 Å². The van der Waals surface area contributed by atoms with Crippen molar-refractivity contribution >= 4 is 67.8 Å². The minimum atomic E-state index is 0.530. The molecule has 1 aliphatic rings. The minimum Gasteiger partial charge on any atom is -0.0829 e. The molecule has 0 aromatic rings. The third kappa shape index (κ3) is 6.38. The van der Waals surface area contributed by atoms with Crippen molar-refractivity contribution in [3.8, 4) is 0 Å². The Morgan fingerprint density at radius 3 is 2.50 bits per heavy atom. The van der Waals surface area contributed by atoms with E-state index in [0.717, 1.165) is 13.8 Å². The van der Waals surface area contributed by atoms with E-state index < -0.39 is 0 Å². The molecule has 4 atom stereocenters. The second-order valence-electron chi connectivity index (χ2n) is 5.50. The SMILES string of the molecule is CC(I)CCC(C)(I)CC1CCCCC1I. The lowest BCUT2D eigenvalue weighted by molar-refractivity contribution is 0.328. The molecule has 0 saturated heterocycles. The average molecular weight is 560 g/mol. The highest BCUT2D eigenvalue weighted by molar-refractivity contribution is 14.1. The summed E-state index contributed by atoms with van der Waals surface area (Å²) in [5.74, 6) is 0.987. The van der Waals surface area contributed by atoms with Gasteiger partial charge in [0.05, 0.1) is 0 Å². The quantitative estimate of drug-likeness (QED) is 0.279. The molecule has 1 rings (SSSR count). The van der Waals surface area contributed by atoms with Gasteiger partial charge in [0.25, 0.3) is 0 Å². The molecule has 0 N–H and O–H groups in total. The smallest absolute Gasteiger partial charge is 0.0197 e. The molecular weight excluding hydrogens is 537 g/mol. The zero-order chi connectivity index (χ0) is 12.2. The molecule has 4 unspecified atom stereocenters. The molecule has 0 bridgehead atoms. The standard InChI is InChI=1S/C13H23I3/c1-10(14)7-8-13(2,16)9-11-5-3-4-6-12(11)15/h10-12H,3-9H2,1-2H3. The molecule has 0 radical (unpaired) electrons. The van der Waals surface area contributed by atoms with E-state index in [1.807, 2.05) is 0 Å². The van der Waals surface area contributed by atoms with Crippen molar-refractivity contribution in [1.82, 2.24) is 0 Å². The summed E-state index contributed by atoms with van der Waals surface area (Å²) in [6, 6.07) is 0. The lowest BCUT2D eigenvalue weighted by Gasteiger charge is -2.34. The van der Waals surface area contributed by atoms with Gasteiger partial charge >= 0.3 is 0 Å². The van der Waals surface area contributed by atoms with Gasteiger partial charge in [-0.15, -0.1) is 0 Å². The molecule has 96 valence electrons. The van der Waals surface area contributed by atoms with Crippen LogP contribution in [-0.2, 0) is 0 Å². The highest BCUT2D eigenvalue weighted by atomic mass is 127. The van der Waals surface area contributed by atoms with Gasteiger partial charge in [-0.3, -0.25) is 0 Å². The Morgan fingerprint density at radius 1 is 1.31 bits per heavy atom. The van der Waals surface area contributed by atoms with Gasteiger partial charge in [-0.2, -0.15) is 0 Å². The monoisotopic (exact) mass is 560 g/mol. The van der Waals surface area contributed by atoms with Crippen molar-refractivity contribution in [1.29, 1.82) is 0 Å². The lowest BCUT2D eigenvalue weighted by atomic mass is 9.82. The van der Waals surface area contributed by atoms with Crippen LogP contribution >= 0.6 is 67.8 Å². The molecule has 0 aromatic carbocycles. The highest BCUT2D eigenvalue weighted by Gasteiger charge is 2.30. The van der Waals surface area contributed by atoms with Crippen LogP contribution < -0.4 is 0 Å². The molecule has 16 heavy (non-hydrogen) atoms. The first kappa shape index (κ1) is 16.2. The third-order valence-electron chi connectivity index (χ3n) is 3.57. The fourth-order valence-electron chi connectivity index (χ4n) is 2.54. The summed E-state index contributed by atoms with van der Waals surface area (Å²) in [5.41, 5.74) is 0. The number of rotatable bonds is 5. The summed E-state index contributed by atoms with van der Waals surface area (Å²) in [4.78, 5) is 0. The third-order valence-corrected chi connectivity index (χ3v) is 6.81. The van der Waals surface area contributed by atoms with Crippen molar-refractivity contribution < 1.29 is 0 Å². The van der Waals surface area contributed by atoms with Crippen LogP contribution in [0.3, 0.4) is 0 Å². The Kier molecular flexibility index (Phi) is 7.82. The Balaban J connectivity index is 2.37. The zero-order valence-corrected chi connectivity index (χ0v) is 16.8. The zero-order valence-electron chi connectivity index (χ0n) is 10.3. The summed E-state index contributed by atoms with van der Waals surface area (Å²) >= 11 is 7.96. The Labute approximate surface area is 142 Å². The number of hydrogen-bond acceptors (Lipinski definition) is 0. The largest absolute Gasteiger partial charge is 0.0829 e. The summed E-state index contributed by atoms with van der Waals surface area (Å²) in [7, 11) is 0. The maximum atomic E-state index is 2.71. The van der Waals surface area contributed by atoms with Crippen LogP contribution in [0.15, 0.2) is 0 Å². The highest BCUT2D eigenvalue weighted by Crippen LogP contribution is 2.40. The van der Waals surface area contributed by atoms with Crippen molar-refractivity contribution in [2.45, 2.75) is 70.1 Å². The van der Waals surface area contributed by atoms with Crippen LogP contribution in [0.5, 0.6) is 0 Å². The van der Waals surface area contributed by atoms with Gasteiger partial charge < -0.3 is 0 Å². The molecule has 1 fully saturated rings. The van der Waals surface area contributed by atoms with Gasteiger partial charge in [0, 0.05) is 11.3 Å². The van der Waals surface area contributed by atoms with E-state index in [9.17, 15) is 0 Å². The topological polar surface area (TPSA) is 0 Å². The molecule has 0 spiro atoms. The fourth-order valence-corrected chi connectivity index (χ4v) is 4.78. The van der Waals surface area contributed by atoms with Crippen LogP contribution in [0, 0.1) is 5.92 Å². The summed E-state index contributed by atoms with van der Waals surface area (Å²) < 4.78 is 2.30. The van der Waals surface area contributed by atoms with Crippen LogP contribution in [0.2, 0.25) is 0 Å². The van der Waals surface area contributed by atoms with E-state index in [0.29, 0.717) is 3.42 Å². The Hall–Kier alpha value is 2.19. The molecule has 0 nitrogen and oxygen atoms in total. The number of halogens is 3. The summed E-state index contributed by atoms with van der Waals surface area (Å²) in [6.45, 7) is 4.79.